The van der Waals surface area contributed by atoms with E-state index in [0.29, 0.717) is 56.4 Å². The molecule has 1 saturated carbocycles. The predicted molar refractivity (Wildman–Crippen MR) is 244 cm³/mol. The van der Waals surface area contributed by atoms with Crippen LogP contribution in [0.3, 0.4) is 0 Å². The van der Waals surface area contributed by atoms with Crippen molar-refractivity contribution in [1.29, 1.82) is 0 Å². The number of cyclic esters (lactones) is 1. The average Bonchev–Trinajstić information content (AvgIpc) is 3.27. The lowest BCUT2D eigenvalue weighted by molar-refractivity contribution is -0.265. The van der Waals surface area contributed by atoms with Crippen molar-refractivity contribution in [2.24, 2.45) is 35.5 Å². The van der Waals surface area contributed by atoms with Crippen LogP contribution < -0.4 is 0 Å². The molecule has 13 heteroatoms. The Hall–Kier alpha value is -3.33. The van der Waals surface area contributed by atoms with Crippen LogP contribution in [-0.4, -0.2) is 121 Å². The summed E-state index contributed by atoms with van der Waals surface area (Å²) in [6.07, 6.45) is 14.7. The van der Waals surface area contributed by atoms with Gasteiger partial charge in [0.05, 0.1) is 18.3 Å². The monoisotopic (exact) mass is 898 g/mol. The summed E-state index contributed by atoms with van der Waals surface area (Å²) in [6.45, 7) is 12.9. The van der Waals surface area contributed by atoms with Crippen molar-refractivity contribution >= 4 is 29.2 Å². The highest BCUT2D eigenvalue weighted by Gasteiger charge is 2.53. The van der Waals surface area contributed by atoms with Crippen molar-refractivity contribution in [3.8, 4) is 0 Å². The summed E-state index contributed by atoms with van der Waals surface area (Å²) in [5.41, 5.74) is 1.30. The van der Waals surface area contributed by atoms with Crippen LogP contribution in [0.25, 0.3) is 0 Å². The van der Waals surface area contributed by atoms with Gasteiger partial charge in [-0.05, 0) is 101 Å². The lowest BCUT2D eigenvalue weighted by atomic mass is 9.79. The van der Waals surface area contributed by atoms with E-state index in [4.69, 9.17) is 23.7 Å². The number of rotatable bonds is 6. The fourth-order valence-electron chi connectivity index (χ4n) is 10.1. The van der Waals surface area contributed by atoms with Gasteiger partial charge in [0.1, 0.15) is 30.1 Å². The number of amides is 1. The Morgan fingerprint density at radius 2 is 1.58 bits per heavy atom. The van der Waals surface area contributed by atoms with Crippen molar-refractivity contribution in [2.75, 3.05) is 27.9 Å². The first kappa shape index (κ1) is 53.3. The molecule has 2 N–H and O–H groups in total. The molecule has 3 heterocycles. The van der Waals surface area contributed by atoms with Crippen molar-refractivity contribution in [3.63, 3.8) is 0 Å². The number of allylic oxidation sites excluding steroid dienone is 6. The summed E-state index contributed by atoms with van der Waals surface area (Å²) in [5.74, 6) is -7.45. The van der Waals surface area contributed by atoms with Crippen molar-refractivity contribution in [3.05, 3.63) is 47.6 Å². The van der Waals surface area contributed by atoms with Crippen LogP contribution in [-0.2, 0) is 47.7 Å². The van der Waals surface area contributed by atoms with E-state index in [0.717, 1.165) is 31.3 Å². The van der Waals surface area contributed by atoms with Gasteiger partial charge in [0.15, 0.2) is 5.78 Å². The summed E-state index contributed by atoms with van der Waals surface area (Å²) in [4.78, 5) is 71.8. The van der Waals surface area contributed by atoms with E-state index in [9.17, 15) is 34.2 Å². The number of hydrogen-bond donors (Lipinski definition) is 2. The molecule has 4 rings (SSSR count). The van der Waals surface area contributed by atoms with E-state index in [-0.39, 0.29) is 48.9 Å². The number of aliphatic hydroxyl groups excluding tert-OH is 1. The Morgan fingerprint density at radius 3 is 2.27 bits per heavy atom. The average molecular weight is 898 g/mol. The fraction of sp³-hybridized carbons (Fsp3) is 0.745. The number of piperidine rings is 1. The molecule has 0 aromatic rings. The first-order chi connectivity index (χ1) is 30.3. The topological polar surface area (TPSA) is 175 Å². The van der Waals surface area contributed by atoms with Gasteiger partial charge >= 0.3 is 5.97 Å². The molecule has 4 aliphatic rings. The van der Waals surface area contributed by atoms with Gasteiger partial charge in [0.25, 0.3) is 11.7 Å². The zero-order chi connectivity index (χ0) is 47.3. The molecule has 360 valence electrons. The first-order valence-corrected chi connectivity index (χ1v) is 23.8. The molecular formula is C51H79NO12. The van der Waals surface area contributed by atoms with Gasteiger partial charge in [-0.25, -0.2) is 4.79 Å². The quantitative estimate of drug-likeness (QED) is 0.156. The molecule has 3 fully saturated rings. The van der Waals surface area contributed by atoms with Crippen LogP contribution in [0.15, 0.2) is 47.6 Å². The van der Waals surface area contributed by atoms with Crippen molar-refractivity contribution in [2.45, 2.75) is 180 Å². The smallest absolute Gasteiger partial charge is 0.329 e. The lowest BCUT2D eigenvalue weighted by Gasteiger charge is -2.42. The number of Topliss-reactive ketones (excluding diaryl/α,β-unsaturated/α-hetero) is 3. The Morgan fingerprint density at radius 1 is 0.844 bits per heavy atom. The van der Waals surface area contributed by atoms with Crippen LogP contribution in [0.4, 0.5) is 0 Å². The van der Waals surface area contributed by atoms with E-state index >= 15 is 0 Å². The second kappa shape index (κ2) is 25.0. The molecule has 2 bridgehead atoms. The van der Waals surface area contributed by atoms with Crippen LogP contribution >= 0.6 is 0 Å². The van der Waals surface area contributed by atoms with E-state index < -0.39 is 77.8 Å². The number of methoxy groups -OCH3 is 3. The Kier molecular flexibility index (Phi) is 20.8. The summed E-state index contributed by atoms with van der Waals surface area (Å²) in [7, 11) is 4.69. The number of hydrogen-bond acceptors (Lipinski definition) is 12. The molecule has 0 unspecified atom stereocenters. The molecule has 0 aromatic carbocycles. The van der Waals surface area contributed by atoms with Crippen molar-refractivity contribution in [1.82, 2.24) is 4.90 Å². The number of carbonyl (C=O) groups is 5. The summed E-state index contributed by atoms with van der Waals surface area (Å²) in [5, 5.41) is 23.4. The highest BCUT2D eigenvalue weighted by Crippen LogP contribution is 2.37. The molecule has 64 heavy (non-hydrogen) atoms. The Labute approximate surface area is 382 Å². The Bertz CT molecular complexity index is 1720. The van der Waals surface area contributed by atoms with Crippen LogP contribution in [0.5, 0.6) is 0 Å². The van der Waals surface area contributed by atoms with Gasteiger partial charge in [0.2, 0.25) is 5.79 Å². The minimum absolute atomic E-state index is 0.0317. The SMILES string of the molecule is CO[C@H]1CCC[C@@H](C[C@H](C)[C@@H]2CC(=O)[C@H](C)/C=C(\C)[C@@H](O)[C@@H](OC)C(=O)[C@H](C)C[C@H](C)/C=C/C=C/C=C(\C)[C@@H](OC)C[C@@H]3CC[C@@H](C)[C@@](O)(O3)C(=O)C(=O)N3CCCC[C@H]3C(=O)O2)C1. The number of carbonyl (C=O) groups excluding carboxylic acids is 5. The minimum Gasteiger partial charge on any atom is -0.460 e. The molecule has 0 spiro atoms. The lowest BCUT2D eigenvalue weighted by Crippen LogP contribution is -2.61. The van der Waals surface area contributed by atoms with E-state index in [1.165, 1.54) is 12.0 Å². The minimum atomic E-state index is -2.41. The van der Waals surface area contributed by atoms with Gasteiger partial charge in [0, 0.05) is 58.5 Å². The maximum Gasteiger partial charge on any atom is 0.329 e. The maximum absolute atomic E-state index is 14.4. The molecule has 13 nitrogen and oxygen atoms in total. The normalized spacial score (nSPS) is 39.7. The number of nitrogens with zero attached hydrogens (tertiary/aromatic N) is 1. The molecule has 14 atom stereocenters. The second-order valence-corrected chi connectivity index (χ2v) is 19.5. The fourth-order valence-corrected chi connectivity index (χ4v) is 10.1. The van der Waals surface area contributed by atoms with Crippen molar-refractivity contribution < 1.29 is 57.9 Å². The van der Waals surface area contributed by atoms with Crippen LogP contribution in [0, 0.1) is 35.5 Å². The van der Waals surface area contributed by atoms with E-state index in [1.54, 1.807) is 41.1 Å². The largest absolute Gasteiger partial charge is 0.460 e. The molecule has 1 aliphatic carbocycles. The molecular weight excluding hydrogens is 819 g/mol. The summed E-state index contributed by atoms with van der Waals surface area (Å²) >= 11 is 0. The standard InChI is InChI=1S/C51H79NO12/c1-31-17-12-11-13-18-32(2)43(61-9)29-40-23-22-37(7)51(59,64-40)48(56)49(57)52-24-15-14-21-41(52)50(58)63-44(34(4)27-38-19-16-20-39(28-38)60-8)30-42(53)33(3)26-36(6)46(55)47(62-10)45(54)35(5)25-31/h11-13,17-18,26,31,33-35,37-41,43-44,46-47,55,59H,14-16,19-25,27-30H2,1-10H3/b13-11+,17-12+,32-18+,36-26+/t31-,33-,34+,35-,37-,38+,39+,40+,41+,43+,44+,46-,47+,51-/m1/s1. The van der Waals surface area contributed by atoms with Gasteiger partial charge in [-0.2, -0.15) is 0 Å². The third-order valence-corrected chi connectivity index (χ3v) is 14.4. The summed E-state index contributed by atoms with van der Waals surface area (Å²) < 4.78 is 29.6. The van der Waals surface area contributed by atoms with Gasteiger partial charge < -0.3 is 38.8 Å². The van der Waals surface area contributed by atoms with Gasteiger partial charge in [-0.1, -0.05) is 83.9 Å². The number of aliphatic hydroxyl groups is 2. The van der Waals surface area contributed by atoms with Crippen LogP contribution in [0.1, 0.15) is 132 Å². The Balaban J connectivity index is 1.70. The number of ether oxygens (including phenoxy) is 5. The summed E-state index contributed by atoms with van der Waals surface area (Å²) in [6, 6.07) is -1.10. The highest BCUT2D eigenvalue weighted by atomic mass is 16.6. The molecule has 0 radical (unpaired) electrons. The number of ketones is 3. The predicted octanol–water partition coefficient (Wildman–Crippen LogP) is 7.21. The van der Waals surface area contributed by atoms with Crippen LogP contribution in [0.2, 0.25) is 0 Å². The third-order valence-electron chi connectivity index (χ3n) is 14.4. The zero-order valence-electron chi connectivity index (χ0n) is 40.3. The molecule has 3 aliphatic heterocycles. The number of esters is 1. The highest BCUT2D eigenvalue weighted by molar-refractivity contribution is 6.39. The second-order valence-electron chi connectivity index (χ2n) is 19.5. The molecule has 2 saturated heterocycles. The number of fused-ring (bicyclic) bond motifs is 3. The maximum atomic E-state index is 14.4. The van der Waals surface area contributed by atoms with Gasteiger partial charge in [-0.15, -0.1) is 0 Å². The first-order valence-electron chi connectivity index (χ1n) is 23.8. The molecule has 0 aromatic heterocycles. The van der Waals surface area contributed by atoms with E-state index in [2.05, 4.69) is 0 Å². The molecule has 1 amide bonds. The van der Waals surface area contributed by atoms with E-state index in [1.807, 2.05) is 58.1 Å². The third kappa shape index (κ3) is 14.1. The zero-order valence-corrected chi connectivity index (χ0v) is 40.3. The van der Waals surface area contributed by atoms with Gasteiger partial charge in [-0.3, -0.25) is 19.2 Å².